The number of halogens is 3. The molecule has 0 heterocycles. The fourth-order valence-corrected chi connectivity index (χ4v) is 2.14. The molecular weight excluding hydrogens is 253 g/mol. The topological polar surface area (TPSA) is 52.0 Å². The number of alkyl halides is 3. The van der Waals surface area contributed by atoms with Crippen LogP contribution in [0.2, 0.25) is 0 Å². The minimum absolute atomic E-state index is 0.201. The van der Waals surface area contributed by atoms with Gasteiger partial charge in [0.2, 0.25) is 0 Å². The second kappa shape index (κ2) is 6.91. The SMILES string of the molecule is CCCCC(N)C(CN)c1cccc(C(F)(F)F)c1. The summed E-state index contributed by atoms with van der Waals surface area (Å²) in [6, 6.07) is 5.10. The van der Waals surface area contributed by atoms with Gasteiger partial charge in [-0.25, -0.2) is 0 Å². The molecule has 5 heteroatoms. The molecule has 4 N–H and O–H groups in total. The van der Waals surface area contributed by atoms with Gasteiger partial charge in [-0.3, -0.25) is 0 Å². The lowest BCUT2D eigenvalue weighted by Crippen LogP contribution is -2.33. The fraction of sp³-hybridized carbons (Fsp3) is 0.571. The third kappa shape index (κ3) is 4.51. The predicted octanol–water partition coefficient (Wildman–Crippen LogP) is 3.27. The lowest BCUT2D eigenvalue weighted by molar-refractivity contribution is -0.137. The standard InChI is InChI=1S/C14H21F3N2/c1-2-3-7-13(19)12(9-18)10-5-4-6-11(8-10)14(15,16)17/h4-6,8,12-13H,2-3,7,9,18-19H2,1H3. The molecule has 2 unspecified atom stereocenters. The Balaban J connectivity index is 2.92. The van der Waals surface area contributed by atoms with Crippen molar-refractivity contribution in [1.82, 2.24) is 0 Å². The number of hydrogen-bond acceptors (Lipinski definition) is 2. The van der Waals surface area contributed by atoms with E-state index in [1.54, 1.807) is 6.07 Å². The van der Waals surface area contributed by atoms with Gasteiger partial charge in [-0.15, -0.1) is 0 Å². The molecule has 0 aliphatic heterocycles. The van der Waals surface area contributed by atoms with E-state index in [1.165, 1.54) is 6.07 Å². The van der Waals surface area contributed by atoms with Gasteiger partial charge < -0.3 is 11.5 Å². The summed E-state index contributed by atoms with van der Waals surface area (Å²) in [6.07, 6.45) is -1.60. The summed E-state index contributed by atoms with van der Waals surface area (Å²) in [4.78, 5) is 0. The largest absolute Gasteiger partial charge is 0.416 e. The maximum Gasteiger partial charge on any atom is 0.416 e. The molecule has 0 aliphatic rings. The summed E-state index contributed by atoms with van der Waals surface area (Å²) in [7, 11) is 0. The number of nitrogens with two attached hydrogens (primary N) is 2. The van der Waals surface area contributed by atoms with Crippen molar-refractivity contribution in [2.45, 2.75) is 44.3 Å². The highest BCUT2D eigenvalue weighted by atomic mass is 19.4. The van der Waals surface area contributed by atoms with Crippen LogP contribution in [0.15, 0.2) is 24.3 Å². The van der Waals surface area contributed by atoms with Crippen LogP contribution in [0.1, 0.15) is 43.2 Å². The maximum absolute atomic E-state index is 12.7. The molecule has 0 aliphatic carbocycles. The first kappa shape index (κ1) is 16.0. The molecule has 108 valence electrons. The Labute approximate surface area is 112 Å². The van der Waals surface area contributed by atoms with Crippen LogP contribution in [-0.4, -0.2) is 12.6 Å². The van der Waals surface area contributed by atoms with E-state index < -0.39 is 11.7 Å². The number of hydrogen-bond donors (Lipinski definition) is 2. The minimum atomic E-state index is -4.33. The van der Waals surface area contributed by atoms with Gasteiger partial charge in [0.05, 0.1) is 5.56 Å². The minimum Gasteiger partial charge on any atom is -0.330 e. The molecule has 2 atom stereocenters. The molecular formula is C14H21F3N2. The van der Waals surface area contributed by atoms with E-state index in [4.69, 9.17) is 11.5 Å². The van der Waals surface area contributed by atoms with Gasteiger partial charge in [-0.05, 0) is 18.1 Å². The van der Waals surface area contributed by atoms with Crippen LogP contribution in [0, 0.1) is 0 Å². The van der Waals surface area contributed by atoms with Gasteiger partial charge in [0.1, 0.15) is 0 Å². The van der Waals surface area contributed by atoms with Crippen LogP contribution >= 0.6 is 0 Å². The van der Waals surface area contributed by atoms with Crippen LogP contribution in [0.3, 0.4) is 0 Å². The molecule has 19 heavy (non-hydrogen) atoms. The van der Waals surface area contributed by atoms with Crippen molar-refractivity contribution < 1.29 is 13.2 Å². The average molecular weight is 274 g/mol. The van der Waals surface area contributed by atoms with Crippen molar-refractivity contribution in [3.05, 3.63) is 35.4 Å². The Morgan fingerprint density at radius 1 is 1.26 bits per heavy atom. The number of rotatable bonds is 6. The van der Waals surface area contributed by atoms with Gasteiger partial charge in [0.25, 0.3) is 0 Å². The predicted molar refractivity (Wildman–Crippen MR) is 70.7 cm³/mol. The highest BCUT2D eigenvalue weighted by molar-refractivity contribution is 5.29. The zero-order valence-corrected chi connectivity index (χ0v) is 11.1. The molecule has 0 aromatic heterocycles. The van der Waals surface area contributed by atoms with Crippen molar-refractivity contribution in [3.63, 3.8) is 0 Å². The van der Waals surface area contributed by atoms with Crippen LogP contribution in [0.4, 0.5) is 13.2 Å². The fourth-order valence-electron chi connectivity index (χ4n) is 2.14. The van der Waals surface area contributed by atoms with Gasteiger partial charge in [0.15, 0.2) is 0 Å². The lowest BCUT2D eigenvalue weighted by Gasteiger charge is -2.23. The normalized spacial score (nSPS) is 15.3. The Hall–Kier alpha value is -1.07. The van der Waals surface area contributed by atoms with Gasteiger partial charge >= 0.3 is 6.18 Å². The van der Waals surface area contributed by atoms with Crippen molar-refractivity contribution >= 4 is 0 Å². The molecule has 0 fully saturated rings. The Bertz CT molecular complexity index is 391. The molecule has 1 aromatic carbocycles. The Kier molecular flexibility index (Phi) is 5.82. The van der Waals surface area contributed by atoms with E-state index in [2.05, 4.69) is 6.92 Å². The first-order valence-electron chi connectivity index (χ1n) is 6.53. The third-order valence-corrected chi connectivity index (χ3v) is 3.30. The molecule has 1 rings (SSSR count). The van der Waals surface area contributed by atoms with E-state index in [9.17, 15) is 13.2 Å². The van der Waals surface area contributed by atoms with E-state index in [-0.39, 0.29) is 18.5 Å². The average Bonchev–Trinajstić information content (AvgIpc) is 2.36. The third-order valence-electron chi connectivity index (χ3n) is 3.30. The zero-order chi connectivity index (χ0) is 14.5. The molecule has 0 amide bonds. The summed E-state index contributed by atoms with van der Waals surface area (Å²) in [6.45, 7) is 2.31. The molecule has 0 bridgehead atoms. The summed E-state index contributed by atoms with van der Waals surface area (Å²) in [5.41, 5.74) is 11.6. The molecule has 1 aromatic rings. The van der Waals surface area contributed by atoms with Gasteiger partial charge in [-0.2, -0.15) is 13.2 Å². The Morgan fingerprint density at radius 3 is 2.47 bits per heavy atom. The van der Waals surface area contributed by atoms with Crippen LogP contribution < -0.4 is 11.5 Å². The molecule has 2 nitrogen and oxygen atoms in total. The van der Waals surface area contributed by atoms with E-state index >= 15 is 0 Å². The molecule has 0 spiro atoms. The number of benzene rings is 1. The lowest BCUT2D eigenvalue weighted by atomic mass is 9.88. The van der Waals surface area contributed by atoms with Gasteiger partial charge in [0, 0.05) is 18.5 Å². The van der Waals surface area contributed by atoms with Crippen molar-refractivity contribution in [2.75, 3.05) is 6.54 Å². The highest BCUT2D eigenvalue weighted by Gasteiger charge is 2.31. The zero-order valence-electron chi connectivity index (χ0n) is 11.1. The van der Waals surface area contributed by atoms with Crippen LogP contribution in [0.5, 0.6) is 0 Å². The summed E-state index contributed by atoms with van der Waals surface area (Å²) in [5, 5.41) is 0. The smallest absolute Gasteiger partial charge is 0.330 e. The second-order valence-electron chi connectivity index (χ2n) is 4.77. The second-order valence-corrected chi connectivity index (χ2v) is 4.77. The van der Waals surface area contributed by atoms with E-state index in [1.807, 2.05) is 0 Å². The highest BCUT2D eigenvalue weighted by Crippen LogP contribution is 2.31. The van der Waals surface area contributed by atoms with Crippen LogP contribution in [0.25, 0.3) is 0 Å². The molecule has 0 saturated carbocycles. The quantitative estimate of drug-likeness (QED) is 0.836. The molecule has 0 radical (unpaired) electrons. The summed E-state index contributed by atoms with van der Waals surface area (Å²) >= 11 is 0. The van der Waals surface area contributed by atoms with Crippen molar-refractivity contribution in [1.29, 1.82) is 0 Å². The number of unbranched alkanes of at least 4 members (excludes halogenated alkanes) is 1. The first-order chi connectivity index (χ1) is 8.90. The van der Waals surface area contributed by atoms with Crippen molar-refractivity contribution in [3.8, 4) is 0 Å². The van der Waals surface area contributed by atoms with Crippen LogP contribution in [-0.2, 0) is 6.18 Å². The van der Waals surface area contributed by atoms with Gasteiger partial charge in [-0.1, -0.05) is 38.0 Å². The first-order valence-corrected chi connectivity index (χ1v) is 6.53. The Morgan fingerprint density at radius 2 is 1.95 bits per heavy atom. The van der Waals surface area contributed by atoms with E-state index in [0.717, 1.165) is 31.4 Å². The van der Waals surface area contributed by atoms with E-state index in [0.29, 0.717) is 5.56 Å². The summed E-state index contributed by atoms with van der Waals surface area (Å²) < 4.78 is 38.0. The monoisotopic (exact) mass is 274 g/mol. The summed E-state index contributed by atoms with van der Waals surface area (Å²) in [5.74, 6) is -0.228. The maximum atomic E-state index is 12.7. The molecule has 0 saturated heterocycles. The van der Waals surface area contributed by atoms with Crippen molar-refractivity contribution in [2.24, 2.45) is 11.5 Å².